The Morgan fingerprint density at radius 3 is 3.05 bits per heavy atom. The molecule has 1 aliphatic heterocycles. The summed E-state index contributed by atoms with van der Waals surface area (Å²) >= 11 is 0. The second-order valence-corrected chi connectivity index (χ2v) is 5.50. The fourth-order valence-corrected chi connectivity index (χ4v) is 3.08. The molecule has 0 spiro atoms. The van der Waals surface area contributed by atoms with Crippen molar-refractivity contribution < 1.29 is 4.74 Å². The summed E-state index contributed by atoms with van der Waals surface area (Å²) in [7, 11) is 1.72. The van der Waals surface area contributed by atoms with E-state index in [1.54, 1.807) is 7.11 Å². The van der Waals surface area contributed by atoms with Gasteiger partial charge in [-0.25, -0.2) is 0 Å². The van der Waals surface area contributed by atoms with Crippen molar-refractivity contribution in [1.29, 1.82) is 0 Å². The second-order valence-electron chi connectivity index (χ2n) is 5.50. The van der Waals surface area contributed by atoms with Crippen LogP contribution in [0.2, 0.25) is 0 Å². The van der Waals surface area contributed by atoms with Gasteiger partial charge in [-0.3, -0.25) is 0 Å². The predicted molar refractivity (Wildman–Crippen MR) is 78.8 cm³/mol. The number of likely N-dealkylation sites (tertiary alicyclic amines) is 1. The van der Waals surface area contributed by atoms with Crippen molar-refractivity contribution in [3.63, 3.8) is 0 Å². The fraction of sp³-hybridized carbons (Fsp3) is 0.500. The summed E-state index contributed by atoms with van der Waals surface area (Å²) in [5.41, 5.74) is 2.60. The SMILES string of the molecule is COc1ccc2[nH]cc(CCN3CCCC3C)c2c1. The highest BCUT2D eigenvalue weighted by molar-refractivity contribution is 5.84. The van der Waals surface area contributed by atoms with Crippen LogP contribution in [-0.4, -0.2) is 36.1 Å². The lowest BCUT2D eigenvalue weighted by atomic mass is 10.1. The second kappa shape index (κ2) is 5.25. The van der Waals surface area contributed by atoms with Gasteiger partial charge in [0.2, 0.25) is 0 Å². The number of rotatable bonds is 4. The summed E-state index contributed by atoms with van der Waals surface area (Å²) < 4.78 is 5.32. The Hall–Kier alpha value is -1.48. The zero-order valence-electron chi connectivity index (χ0n) is 11.8. The van der Waals surface area contributed by atoms with Gasteiger partial charge in [0.1, 0.15) is 5.75 Å². The molecule has 3 rings (SSSR count). The van der Waals surface area contributed by atoms with E-state index >= 15 is 0 Å². The number of H-pyrrole nitrogens is 1. The number of ether oxygens (including phenoxy) is 1. The van der Waals surface area contributed by atoms with E-state index in [1.165, 1.54) is 35.9 Å². The molecule has 0 bridgehead atoms. The van der Waals surface area contributed by atoms with Crippen LogP contribution in [0.4, 0.5) is 0 Å². The van der Waals surface area contributed by atoms with E-state index in [1.807, 2.05) is 6.07 Å². The average Bonchev–Trinajstić information content (AvgIpc) is 3.02. The van der Waals surface area contributed by atoms with Crippen molar-refractivity contribution in [3.8, 4) is 5.75 Å². The molecule has 2 heterocycles. The zero-order valence-corrected chi connectivity index (χ0v) is 11.8. The van der Waals surface area contributed by atoms with Crippen LogP contribution in [-0.2, 0) is 6.42 Å². The van der Waals surface area contributed by atoms with Crippen LogP contribution in [0.3, 0.4) is 0 Å². The molecule has 1 fully saturated rings. The van der Waals surface area contributed by atoms with Gasteiger partial charge in [-0.2, -0.15) is 0 Å². The Morgan fingerprint density at radius 2 is 2.32 bits per heavy atom. The lowest BCUT2D eigenvalue weighted by molar-refractivity contribution is 0.272. The summed E-state index contributed by atoms with van der Waals surface area (Å²) in [5.74, 6) is 0.933. The molecule has 0 saturated carbocycles. The maximum atomic E-state index is 5.32. The highest BCUT2D eigenvalue weighted by Crippen LogP contribution is 2.25. The molecule has 1 aromatic heterocycles. The topological polar surface area (TPSA) is 28.3 Å². The number of nitrogens with one attached hydrogen (secondary N) is 1. The summed E-state index contributed by atoms with van der Waals surface area (Å²) in [6, 6.07) is 6.98. The van der Waals surface area contributed by atoms with Gasteiger partial charge in [0.15, 0.2) is 0 Å². The Bertz CT molecular complexity index is 561. The van der Waals surface area contributed by atoms with Crippen LogP contribution in [0.1, 0.15) is 25.3 Å². The van der Waals surface area contributed by atoms with Gasteiger partial charge in [-0.1, -0.05) is 0 Å². The smallest absolute Gasteiger partial charge is 0.119 e. The normalized spacial score (nSPS) is 20.2. The maximum Gasteiger partial charge on any atom is 0.119 e. The van der Waals surface area contributed by atoms with Crippen LogP contribution < -0.4 is 4.74 Å². The Kier molecular flexibility index (Phi) is 3.47. The van der Waals surface area contributed by atoms with Crippen LogP contribution >= 0.6 is 0 Å². The standard InChI is InChI=1S/C16H22N2O/c1-12-4-3-8-18(12)9-7-13-11-17-16-6-5-14(19-2)10-15(13)16/h5-6,10-12,17H,3-4,7-9H2,1-2H3. The number of fused-ring (bicyclic) bond motifs is 1. The summed E-state index contributed by atoms with van der Waals surface area (Å²) in [6.45, 7) is 4.75. The number of hydrogen-bond acceptors (Lipinski definition) is 2. The Balaban J connectivity index is 1.76. The molecule has 1 atom stereocenters. The van der Waals surface area contributed by atoms with Gasteiger partial charge in [-0.15, -0.1) is 0 Å². The first-order valence-electron chi connectivity index (χ1n) is 7.16. The van der Waals surface area contributed by atoms with Crippen molar-refractivity contribution >= 4 is 10.9 Å². The minimum Gasteiger partial charge on any atom is -0.497 e. The third kappa shape index (κ3) is 2.47. The van der Waals surface area contributed by atoms with Gasteiger partial charge in [0.05, 0.1) is 7.11 Å². The molecule has 1 saturated heterocycles. The molecule has 102 valence electrons. The van der Waals surface area contributed by atoms with E-state index in [9.17, 15) is 0 Å². The van der Waals surface area contributed by atoms with Crippen molar-refractivity contribution in [1.82, 2.24) is 9.88 Å². The first kappa shape index (κ1) is 12.5. The van der Waals surface area contributed by atoms with E-state index in [0.29, 0.717) is 0 Å². The number of nitrogens with zero attached hydrogens (tertiary/aromatic N) is 1. The molecule has 3 heteroatoms. The van der Waals surface area contributed by atoms with E-state index in [-0.39, 0.29) is 0 Å². The molecular formula is C16H22N2O. The highest BCUT2D eigenvalue weighted by atomic mass is 16.5. The van der Waals surface area contributed by atoms with Crippen molar-refractivity contribution in [2.75, 3.05) is 20.2 Å². The number of hydrogen-bond donors (Lipinski definition) is 1. The van der Waals surface area contributed by atoms with Gasteiger partial charge >= 0.3 is 0 Å². The molecule has 0 amide bonds. The van der Waals surface area contributed by atoms with Gasteiger partial charge in [0, 0.05) is 29.7 Å². The van der Waals surface area contributed by atoms with Crippen LogP contribution in [0.25, 0.3) is 10.9 Å². The molecule has 2 aromatic rings. The molecule has 1 aliphatic rings. The molecule has 1 aromatic carbocycles. The van der Waals surface area contributed by atoms with E-state index in [4.69, 9.17) is 4.74 Å². The Labute approximate surface area is 114 Å². The van der Waals surface area contributed by atoms with Crippen LogP contribution in [0.15, 0.2) is 24.4 Å². The third-order valence-electron chi connectivity index (χ3n) is 4.33. The minimum absolute atomic E-state index is 0.750. The number of methoxy groups -OCH3 is 1. The number of aromatic amines is 1. The van der Waals surface area contributed by atoms with E-state index in [2.05, 4.69) is 35.1 Å². The first-order valence-corrected chi connectivity index (χ1v) is 7.16. The quantitative estimate of drug-likeness (QED) is 0.912. The minimum atomic E-state index is 0.750. The summed E-state index contributed by atoms with van der Waals surface area (Å²) in [6.07, 6.45) is 5.95. The van der Waals surface area contributed by atoms with E-state index < -0.39 is 0 Å². The predicted octanol–water partition coefficient (Wildman–Crippen LogP) is 3.20. The molecular weight excluding hydrogens is 236 g/mol. The Morgan fingerprint density at radius 1 is 1.42 bits per heavy atom. The van der Waals surface area contributed by atoms with Crippen molar-refractivity contribution in [2.45, 2.75) is 32.2 Å². The number of benzene rings is 1. The van der Waals surface area contributed by atoms with Gasteiger partial charge in [0.25, 0.3) is 0 Å². The monoisotopic (exact) mass is 258 g/mol. The lowest BCUT2D eigenvalue weighted by Crippen LogP contribution is -2.28. The molecule has 1 unspecified atom stereocenters. The van der Waals surface area contributed by atoms with E-state index in [0.717, 1.165) is 24.8 Å². The summed E-state index contributed by atoms with van der Waals surface area (Å²) in [4.78, 5) is 5.95. The van der Waals surface area contributed by atoms with Crippen molar-refractivity contribution in [2.24, 2.45) is 0 Å². The molecule has 3 nitrogen and oxygen atoms in total. The average molecular weight is 258 g/mol. The van der Waals surface area contributed by atoms with Crippen LogP contribution in [0, 0.1) is 0 Å². The maximum absolute atomic E-state index is 5.32. The summed E-state index contributed by atoms with van der Waals surface area (Å²) in [5, 5.41) is 1.30. The molecule has 0 radical (unpaired) electrons. The third-order valence-corrected chi connectivity index (χ3v) is 4.33. The molecule has 1 N–H and O–H groups in total. The number of aromatic nitrogens is 1. The zero-order chi connectivity index (χ0) is 13.2. The van der Waals surface area contributed by atoms with Gasteiger partial charge < -0.3 is 14.6 Å². The largest absolute Gasteiger partial charge is 0.497 e. The molecule has 19 heavy (non-hydrogen) atoms. The van der Waals surface area contributed by atoms with Gasteiger partial charge in [-0.05, 0) is 56.5 Å². The fourth-order valence-electron chi connectivity index (χ4n) is 3.08. The first-order chi connectivity index (χ1) is 9.28. The molecule has 0 aliphatic carbocycles. The lowest BCUT2D eigenvalue weighted by Gasteiger charge is -2.20. The van der Waals surface area contributed by atoms with Crippen molar-refractivity contribution in [3.05, 3.63) is 30.0 Å². The highest BCUT2D eigenvalue weighted by Gasteiger charge is 2.19. The van der Waals surface area contributed by atoms with Crippen LogP contribution in [0.5, 0.6) is 5.75 Å².